The number of piperazine rings is 1. The number of hydrogen-bond acceptors (Lipinski definition) is 4. The first-order valence-electron chi connectivity index (χ1n) is 7.79. The Bertz CT molecular complexity index is 646. The van der Waals surface area contributed by atoms with Crippen molar-refractivity contribution in [1.29, 1.82) is 0 Å². The van der Waals surface area contributed by atoms with E-state index in [1.165, 1.54) is 0 Å². The molecule has 1 aliphatic rings. The molecule has 1 aliphatic heterocycles. The molecule has 0 unspecified atom stereocenters. The van der Waals surface area contributed by atoms with Gasteiger partial charge in [0.25, 0.3) is 0 Å². The second kappa shape index (κ2) is 6.78. The Hall–Kier alpha value is -2.41. The van der Waals surface area contributed by atoms with Gasteiger partial charge in [0.15, 0.2) is 0 Å². The Morgan fingerprint density at radius 2 is 1.83 bits per heavy atom. The normalized spacial score (nSPS) is 15.7. The summed E-state index contributed by atoms with van der Waals surface area (Å²) in [6.07, 6.45) is 1.81. The molecule has 1 fully saturated rings. The summed E-state index contributed by atoms with van der Waals surface area (Å²) in [4.78, 5) is 19.4. The maximum Gasteiger partial charge on any atom is 0.319 e. The summed E-state index contributed by atoms with van der Waals surface area (Å²) in [6, 6.07) is 9.96. The lowest BCUT2D eigenvalue weighted by Crippen LogP contribution is -2.51. The second-order valence-corrected chi connectivity index (χ2v) is 5.90. The predicted octanol–water partition coefficient (Wildman–Crippen LogP) is 1.07. The Balaban J connectivity index is 1.55. The third-order valence-corrected chi connectivity index (χ3v) is 3.94. The molecule has 2 heterocycles. The van der Waals surface area contributed by atoms with Crippen LogP contribution in [0.15, 0.2) is 36.5 Å². The largest absolute Gasteiger partial charge is 0.331 e. The van der Waals surface area contributed by atoms with Crippen molar-refractivity contribution in [2.45, 2.75) is 6.54 Å². The molecule has 23 heavy (non-hydrogen) atoms. The van der Waals surface area contributed by atoms with Gasteiger partial charge >= 0.3 is 6.03 Å². The van der Waals surface area contributed by atoms with Crippen LogP contribution >= 0.6 is 0 Å². The molecule has 2 amide bonds. The van der Waals surface area contributed by atoms with Gasteiger partial charge in [-0.1, -0.05) is 18.2 Å². The molecule has 2 aromatic rings. The average molecular weight is 314 g/mol. The molecule has 7 heteroatoms. The van der Waals surface area contributed by atoms with Crippen LogP contribution in [0.3, 0.4) is 0 Å². The van der Waals surface area contributed by atoms with E-state index in [4.69, 9.17) is 0 Å². The zero-order chi connectivity index (χ0) is 16.2. The highest BCUT2D eigenvalue weighted by atomic mass is 16.2. The standard InChI is InChI=1S/C16H22N6O/c1-19(2)16(23)21-10-8-20(9-11-21)13-14-12-17-22(18-14)15-6-4-3-5-7-15/h3-7,12H,8-11,13H2,1-2H3. The SMILES string of the molecule is CN(C)C(=O)N1CCN(Cc2cnn(-c3ccccc3)n2)CC1. The van der Waals surface area contributed by atoms with Gasteiger partial charge in [-0.15, -0.1) is 0 Å². The number of carbonyl (C=O) groups excluding carboxylic acids is 1. The molecule has 0 saturated carbocycles. The van der Waals surface area contributed by atoms with Crippen LogP contribution in [-0.4, -0.2) is 76.0 Å². The molecule has 0 spiro atoms. The first-order chi connectivity index (χ1) is 11.1. The highest BCUT2D eigenvalue weighted by Gasteiger charge is 2.22. The molecule has 122 valence electrons. The van der Waals surface area contributed by atoms with Gasteiger partial charge < -0.3 is 9.80 Å². The van der Waals surface area contributed by atoms with Crippen molar-refractivity contribution in [2.75, 3.05) is 40.3 Å². The third-order valence-electron chi connectivity index (χ3n) is 3.94. The quantitative estimate of drug-likeness (QED) is 0.850. The maximum atomic E-state index is 11.9. The zero-order valence-electron chi connectivity index (χ0n) is 13.6. The van der Waals surface area contributed by atoms with Crippen LogP contribution in [0, 0.1) is 0 Å². The minimum atomic E-state index is 0.0830. The molecule has 7 nitrogen and oxygen atoms in total. The number of benzene rings is 1. The number of aromatic nitrogens is 3. The molecule has 1 saturated heterocycles. The van der Waals surface area contributed by atoms with Crippen LogP contribution in [0.4, 0.5) is 4.79 Å². The monoisotopic (exact) mass is 314 g/mol. The fourth-order valence-electron chi connectivity index (χ4n) is 2.66. The summed E-state index contributed by atoms with van der Waals surface area (Å²) in [6.45, 7) is 3.99. The van der Waals surface area contributed by atoms with E-state index in [9.17, 15) is 4.79 Å². The van der Waals surface area contributed by atoms with Gasteiger partial charge in [0, 0.05) is 46.8 Å². The van der Waals surface area contributed by atoms with E-state index < -0.39 is 0 Å². The first kappa shape index (κ1) is 15.5. The van der Waals surface area contributed by atoms with Crippen molar-refractivity contribution in [3.05, 3.63) is 42.2 Å². The van der Waals surface area contributed by atoms with Crippen molar-refractivity contribution < 1.29 is 4.79 Å². The molecular weight excluding hydrogens is 292 g/mol. The Morgan fingerprint density at radius 1 is 1.13 bits per heavy atom. The molecule has 0 aliphatic carbocycles. The van der Waals surface area contributed by atoms with E-state index >= 15 is 0 Å². The highest BCUT2D eigenvalue weighted by molar-refractivity contribution is 5.73. The predicted molar refractivity (Wildman–Crippen MR) is 87.3 cm³/mol. The van der Waals surface area contributed by atoms with Crippen LogP contribution in [0.2, 0.25) is 0 Å². The minimum Gasteiger partial charge on any atom is -0.331 e. The van der Waals surface area contributed by atoms with Crippen LogP contribution in [0.5, 0.6) is 0 Å². The highest BCUT2D eigenvalue weighted by Crippen LogP contribution is 2.09. The number of nitrogens with zero attached hydrogens (tertiary/aromatic N) is 6. The van der Waals surface area contributed by atoms with Crippen molar-refractivity contribution in [3.63, 3.8) is 0 Å². The number of carbonyl (C=O) groups is 1. The molecule has 1 aromatic carbocycles. The summed E-state index contributed by atoms with van der Waals surface area (Å²) in [5, 5.41) is 8.86. The average Bonchev–Trinajstić information content (AvgIpc) is 3.04. The smallest absolute Gasteiger partial charge is 0.319 e. The number of para-hydroxylation sites is 1. The number of hydrogen-bond donors (Lipinski definition) is 0. The molecular formula is C16H22N6O. The summed E-state index contributed by atoms with van der Waals surface area (Å²) < 4.78 is 0. The van der Waals surface area contributed by atoms with E-state index in [1.807, 2.05) is 41.4 Å². The van der Waals surface area contributed by atoms with Gasteiger partial charge in [-0.3, -0.25) is 4.90 Å². The summed E-state index contributed by atoms with van der Waals surface area (Å²) >= 11 is 0. The summed E-state index contributed by atoms with van der Waals surface area (Å²) in [7, 11) is 3.58. The second-order valence-electron chi connectivity index (χ2n) is 5.90. The first-order valence-corrected chi connectivity index (χ1v) is 7.79. The van der Waals surface area contributed by atoms with Crippen LogP contribution < -0.4 is 0 Å². The molecule has 3 rings (SSSR count). The van der Waals surface area contributed by atoms with E-state index in [2.05, 4.69) is 15.1 Å². The van der Waals surface area contributed by atoms with Gasteiger partial charge in [0.1, 0.15) is 0 Å². The minimum absolute atomic E-state index is 0.0830. The fraction of sp³-hybridized carbons (Fsp3) is 0.438. The summed E-state index contributed by atoms with van der Waals surface area (Å²) in [5.41, 5.74) is 1.90. The van der Waals surface area contributed by atoms with E-state index in [1.54, 1.807) is 23.8 Å². The lowest BCUT2D eigenvalue weighted by atomic mass is 10.3. The lowest BCUT2D eigenvalue weighted by molar-refractivity contribution is 0.119. The Kier molecular flexibility index (Phi) is 4.57. The van der Waals surface area contributed by atoms with Gasteiger partial charge in [0.2, 0.25) is 0 Å². The molecule has 0 atom stereocenters. The van der Waals surface area contributed by atoms with Crippen molar-refractivity contribution in [3.8, 4) is 5.69 Å². The van der Waals surface area contributed by atoms with Gasteiger partial charge in [-0.2, -0.15) is 15.0 Å². The fourth-order valence-corrected chi connectivity index (χ4v) is 2.66. The lowest BCUT2D eigenvalue weighted by Gasteiger charge is -2.35. The van der Waals surface area contributed by atoms with Crippen LogP contribution in [0.1, 0.15) is 5.69 Å². The van der Waals surface area contributed by atoms with Crippen molar-refractivity contribution in [2.24, 2.45) is 0 Å². The van der Waals surface area contributed by atoms with Gasteiger partial charge in [-0.25, -0.2) is 4.79 Å². The molecule has 1 aromatic heterocycles. The molecule has 0 N–H and O–H groups in total. The van der Waals surface area contributed by atoms with Crippen molar-refractivity contribution >= 4 is 6.03 Å². The number of amides is 2. The Labute approximate surface area is 136 Å². The number of urea groups is 1. The van der Waals surface area contributed by atoms with Crippen molar-refractivity contribution in [1.82, 2.24) is 29.7 Å². The van der Waals surface area contributed by atoms with Crippen LogP contribution in [0.25, 0.3) is 5.69 Å². The topological polar surface area (TPSA) is 57.5 Å². The van der Waals surface area contributed by atoms with Crippen LogP contribution in [-0.2, 0) is 6.54 Å². The van der Waals surface area contributed by atoms with E-state index in [-0.39, 0.29) is 6.03 Å². The third kappa shape index (κ3) is 3.68. The Morgan fingerprint density at radius 3 is 2.48 bits per heavy atom. The number of rotatable bonds is 3. The van der Waals surface area contributed by atoms with E-state index in [0.717, 1.165) is 44.1 Å². The van der Waals surface area contributed by atoms with E-state index in [0.29, 0.717) is 0 Å². The molecule has 0 radical (unpaired) electrons. The van der Waals surface area contributed by atoms with Gasteiger partial charge in [-0.05, 0) is 12.1 Å². The molecule has 0 bridgehead atoms. The maximum absolute atomic E-state index is 11.9. The zero-order valence-corrected chi connectivity index (χ0v) is 13.6. The van der Waals surface area contributed by atoms with Gasteiger partial charge in [0.05, 0.1) is 17.6 Å². The summed E-state index contributed by atoms with van der Waals surface area (Å²) in [5.74, 6) is 0.